The lowest BCUT2D eigenvalue weighted by molar-refractivity contribution is -0.465. The molecule has 2 aromatic rings. The molecule has 24 heavy (non-hydrogen) atoms. The maximum Gasteiger partial charge on any atom is 0.265 e. The van der Waals surface area contributed by atoms with E-state index in [2.05, 4.69) is 0 Å². The second-order valence-corrected chi connectivity index (χ2v) is 5.17. The summed E-state index contributed by atoms with van der Waals surface area (Å²) in [5, 5.41) is 10.4. The average molecular weight is 351 g/mol. The van der Waals surface area contributed by atoms with E-state index in [-0.39, 0.29) is 5.56 Å². The van der Waals surface area contributed by atoms with Gasteiger partial charge in [-0.2, -0.15) is 0 Å². The topological polar surface area (TPSA) is 89.3 Å². The summed E-state index contributed by atoms with van der Waals surface area (Å²) >= 11 is 5.41. The molecule has 0 aliphatic heterocycles. The van der Waals surface area contributed by atoms with Crippen LogP contribution in [-0.4, -0.2) is 23.2 Å². The van der Waals surface area contributed by atoms with Crippen LogP contribution in [0.2, 0.25) is 0 Å². The summed E-state index contributed by atoms with van der Waals surface area (Å²) in [6.07, 6.45) is 0. The first-order valence-corrected chi connectivity index (χ1v) is 7.21. The van der Waals surface area contributed by atoms with Crippen LogP contribution in [0.4, 0.5) is 4.39 Å². The van der Waals surface area contributed by atoms with E-state index in [0.29, 0.717) is 11.1 Å². The normalized spacial score (nSPS) is 11.6. The SMILES string of the molecule is O=C(C[N+](=O)[O-])c1ccc(C(C(=O)NCl)c2ccc(F)cc2)cc1. The highest BCUT2D eigenvalue weighted by Crippen LogP contribution is 2.26. The van der Waals surface area contributed by atoms with E-state index in [1.807, 2.05) is 4.84 Å². The number of nitrogens with one attached hydrogen (secondary N) is 1. The molecule has 6 nitrogen and oxygen atoms in total. The Kier molecular flexibility index (Phi) is 5.59. The van der Waals surface area contributed by atoms with Crippen molar-refractivity contribution < 1.29 is 18.9 Å². The molecule has 124 valence electrons. The minimum absolute atomic E-state index is 0.166. The molecule has 1 unspecified atom stereocenters. The summed E-state index contributed by atoms with van der Waals surface area (Å²) in [6.45, 7) is -0.803. The van der Waals surface area contributed by atoms with Crippen LogP contribution in [0, 0.1) is 15.9 Å². The second-order valence-electron chi connectivity index (χ2n) is 4.98. The first-order valence-electron chi connectivity index (χ1n) is 6.83. The smallest absolute Gasteiger partial charge is 0.265 e. The lowest BCUT2D eigenvalue weighted by atomic mass is 9.90. The fraction of sp³-hybridized carbons (Fsp3) is 0.125. The zero-order valence-corrected chi connectivity index (χ0v) is 13.0. The highest BCUT2D eigenvalue weighted by Gasteiger charge is 2.23. The van der Waals surface area contributed by atoms with Gasteiger partial charge in [-0.1, -0.05) is 36.4 Å². The van der Waals surface area contributed by atoms with Gasteiger partial charge >= 0.3 is 0 Å². The Morgan fingerprint density at radius 1 is 1.08 bits per heavy atom. The molecule has 0 spiro atoms. The van der Waals surface area contributed by atoms with E-state index >= 15 is 0 Å². The zero-order chi connectivity index (χ0) is 17.7. The van der Waals surface area contributed by atoms with Crippen LogP contribution >= 0.6 is 11.8 Å². The van der Waals surface area contributed by atoms with Crippen molar-refractivity contribution >= 4 is 23.5 Å². The molecule has 0 saturated carbocycles. The summed E-state index contributed by atoms with van der Waals surface area (Å²) in [4.78, 5) is 35.4. The average Bonchev–Trinajstić information content (AvgIpc) is 2.56. The zero-order valence-electron chi connectivity index (χ0n) is 12.2. The van der Waals surface area contributed by atoms with Crippen molar-refractivity contribution in [1.82, 2.24) is 4.84 Å². The van der Waals surface area contributed by atoms with Crippen LogP contribution in [0.15, 0.2) is 48.5 Å². The molecule has 0 heterocycles. The number of nitrogens with zero attached hydrogens (tertiary/aromatic N) is 1. The minimum atomic E-state index is -0.803. The molecule has 0 radical (unpaired) electrons. The number of Topliss-reactive ketones (excluding diaryl/α,β-unsaturated/α-hetero) is 1. The number of carbonyl (C=O) groups excluding carboxylic acids is 2. The lowest BCUT2D eigenvalue weighted by Crippen LogP contribution is -2.23. The Morgan fingerprint density at radius 2 is 1.58 bits per heavy atom. The predicted molar refractivity (Wildman–Crippen MR) is 84.9 cm³/mol. The van der Waals surface area contributed by atoms with Crippen LogP contribution in [0.3, 0.4) is 0 Å². The van der Waals surface area contributed by atoms with E-state index in [1.54, 1.807) is 0 Å². The Bertz CT molecular complexity index is 763. The molecule has 8 heteroatoms. The third-order valence-electron chi connectivity index (χ3n) is 3.40. The summed E-state index contributed by atoms with van der Waals surface area (Å²) in [5.41, 5.74) is 1.19. The van der Waals surface area contributed by atoms with Crippen LogP contribution in [0.5, 0.6) is 0 Å². The molecule has 0 saturated heterocycles. The van der Waals surface area contributed by atoms with E-state index in [0.717, 1.165) is 0 Å². The quantitative estimate of drug-likeness (QED) is 0.375. The molecule has 0 aliphatic rings. The van der Waals surface area contributed by atoms with E-state index in [1.165, 1.54) is 48.5 Å². The van der Waals surface area contributed by atoms with Crippen LogP contribution < -0.4 is 4.84 Å². The number of rotatable bonds is 6. The van der Waals surface area contributed by atoms with E-state index < -0.39 is 34.9 Å². The number of benzene rings is 2. The van der Waals surface area contributed by atoms with Gasteiger partial charge in [-0.3, -0.25) is 24.5 Å². The van der Waals surface area contributed by atoms with Crippen molar-refractivity contribution in [2.45, 2.75) is 5.92 Å². The van der Waals surface area contributed by atoms with Gasteiger partial charge in [-0.05, 0) is 23.3 Å². The molecule has 2 rings (SSSR count). The number of halogens is 2. The predicted octanol–water partition coefficient (Wildman–Crippen LogP) is 2.69. The van der Waals surface area contributed by atoms with E-state index in [4.69, 9.17) is 11.8 Å². The fourth-order valence-electron chi connectivity index (χ4n) is 2.27. The molecule has 2 aromatic carbocycles. The number of ketones is 1. The summed E-state index contributed by atoms with van der Waals surface area (Å²) in [6, 6.07) is 11.2. The summed E-state index contributed by atoms with van der Waals surface area (Å²) in [5.74, 6) is -2.40. The molecular formula is C16H12ClFN2O4. The second kappa shape index (κ2) is 7.65. The van der Waals surface area contributed by atoms with Gasteiger partial charge in [0.05, 0.1) is 5.92 Å². The van der Waals surface area contributed by atoms with Crippen molar-refractivity contribution in [1.29, 1.82) is 0 Å². The molecule has 0 bridgehead atoms. The molecule has 0 aromatic heterocycles. The number of hydrogen-bond acceptors (Lipinski definition) is 4. The van der Waals surface area contributed by atoms with Gasteiger partial charge < -0.3 is 0 Å². The minimum Gasteiger partial charge on any atom is -0.287 e. The van der Waals surface area contributed by atoms with Crippen LogP contribution in [0.25, 0.3) is 0 Å². The molecule has 1 amide bonds. The number of carbonyl (C=O) groups is 2. The van der Waals surface area contributed by atoms with Crippen molar-refractivity contribution in [3.63, 3.8) is 0 Å². The van der Waals surface area contributed by atoms with Crippen molar-refractivity contribution in [3.05, 3.63) is 81.2 Å². The monoisotopic (exact) mass is 350 g/mol. The highest BCUT2D eigenvalue weighted by atomic mass is 35.5. The molecule has 0 fully saturated rings. The third kappa shape index (κ3) is 4.14. The number of hydrogen-bond donors (Lipinski definition) is 1. The Morgan fingerprint density at radius 3 is 2.04 bits per heavy atom. The molecule has 0 aliphatic carbocycles. The Balaban J connectivity index is 2.33. The third-order valence-corrected chi connectivity index (χ3v) is 3.58. The van der Waals surface area contributed by atoms with Gasteiger partial charge in [0.2, 0.25) is 11.7 Å². The molecular weight excluding hydrogens is 339 g/mol. The van der Waals surface area contributed by atoms with Crippen molar-refractivity contribution in [2.24, 2.45) is 0 Å². The van der Waals surface area contributed by atoms with Crippen molar-refractivity contribution in [3.8, 4) is 0 Å². The maximum absolute atomic E-state index is 13.1. The number of nitro groups is 1. The van der Waals surface area contributed by atoms with Crippen LogP contribution in [0.1, 0.15) is 27.4 Å². The summed E-state index contributed by atoms with van der Waals surface area (Å²) in [7, 11) is 0. The molecule has 1 N–H and O–H groups in total. The van der Waals surface area contributed by atoms with Gasteiger partial charge in [0.15, 0.2) is 0 Å². The van der Waals surface area contributed by atoms with Crippen LogP contribution in [-0.2, 0) is 4.79 Å². The molecule has 1 atom stereocenters. The lowest BCUT2D eigenvalue weighted by Gasteiger charge is -2.16. The van der Waals surface area contributed by atoms with Crippen molar-refractivity contribution in [2.75, 3.05) is 6.54 Å². The van der Waals surface area contributed by atoms with Gasteiger partial charge in [0, 0.05) is 22.3 Å². The fourth-order valence-corrected chi connectivity index (χ4v) is 2.38. The largest absolute Gasteiger partial charge is 0.287 e. The Labute approximate surface area is 141 Å². The Hall–Kier alpha value is -2.80. The standard InChI is InChI=1S/C16H12ClFN2O4/c17-19-16(22)15(12-5-7-13(18)8-6-12)11-3-1-10(2-4-11)14(21)9-20(23)24/h1-8,15H,9H2,(H,19,22). The number of amides is 1. The maximum atomic E-state index is 13.1. The van der Waals surface area contributed by atoms with Gasteiger partial charge in [-0.15, -0.1) is 0 Å². The van der Waals surface area contributed by atoms with Gasteiger partial charge in [0.25, 0.3) is 6.54 Å². The first-order chi connectivity index (χ1) is 11.4. The highest BCUT2D eigenvalue weighted by molar-refractivity contribution is 6.22. The summed E-state index contributed by atoms with van der Waals surface area (Å²) < 4.78 is 13.1. The first kappa shape index (κ1) is 17.6. The van der Waals surface area contributed by atoms with E-state index in [9.17, 15) is 24.1 Å². The van der Waals surface area contributed by atoms with Gasteiger partial charge in [0.1, 0.15) is 5.82 Å². The van der Waals surface area contributed by atoms with Gasteiger partial charge in [-0.25, -0.2) is 4.39 Å².